The molecule has 17 heavy (non-hydrogen) atoms. The van der Waals surface area contributed by atoms with Crippen molar-refractivity contribution in [2.24, 2.45) is 0 Å². The van der Waals surface area contributed by atoms with Crippen LogP contribution in [0, 0.1) is 0 Å². The van der Waals surface area contributed by atoms with E-state index < -0.39 is 16.1 Å². The summed E-state index contributed by atoms with van der Waals surface area (Å²) in [4.78, 5) is 0. The standard InChI is InChI=1S/C15H34Si2/c1-8-9-10-11-12-15(13-16(2,3)4)14-17(5,6)7/h13H,8-12,14H2,1-7H3/b15-13+. The van der Waals surface area contributed by atoms with Gasteiger partial charge < -0.3 is 0 Å². The van der Waals surface area contributed by atoms with Crippen LogP contribution in [0.5, 0.6) is 0 Å². The summed E-state index contributed by atoms with van der Waals surface area (Å²) in [5.74, 6) is 0. The summed E-state index contributed by atoms with van der Waals surface area (Å²) in [6.07, 6.45) is 6.96. The fourth-order valence-corrected chi connectivity index (χ4v) is 5.60. The Morgan fingerprint density at radius 3 is 1.88 bits per heavy atom. The van der Waals surface area contributed by atoms with Crippen LogP contribution in [-0.2, 0) is 0 Å². The molecule has 0 saturated carbocycles. The van der Waals surface area contributed by atoms with Gasteiger partial charge in [0.1, 0.15) is 0 Å². The van der Waals surface area contributed by atoms with Crippen LogP contribution >= 0.6 is 0 Å². The van der Waals surface area contributed by atoms with Gasteiger partial charge in [0, 0.05) is 8.07 Å². The summed E-state index contributed by atoms with van der Waals surface area (Å²) in [6.45, 7) is 17.2. The normalized spacial score (nSPS) is 14.2. The molecular formula is C15H34Si2. The molecule has 0 N–H and O–H groups in total. The first-order valence-corrected chi connectivity index (χ1v) is 14.6. The van der Waals surface area contributed by atoms with Crippen molar-refractivity contribution >= 4 is 16.1 Å². The predicted molar refractivity (Wildman–Crippen MR) is 88.3 cm³/mol. The minimum Gasteiger partial charge on any atom is -0.0961 e. The Kier molecular flexibility index (Phi) is 7.65. The van der Waals surface area contributed by atoms with Crippen LogP contribution in [0.4, 0.5) is 0 Å². The molecule has 0 aliphatic rings. The van der Waals surface area contributed by atoms with Crippen molar-refractivity contribution in [1.29, 1.82) is 0 Å². The lowest BCUT2D eigenvalue weighted by Crippen LogP contribution is -2.23. The molecule has 2 heteroatoms. The number of hydrogen-bond donors (Lipinski definition) is 0. The third-order valence-electron chi connectivity index (χ3n) is 2.75. The third kappa shape index (κ3) is 12.4. The zero-order valence-electron chi connectivity index (χ0n) is 13.3. The van der Waals surface area contributed by atoms with Crippen LogP contribution in [0.3, 0.4) is 0 Å². The van der Waals surface area contributed by atoms with Crippen molar-refractivity contribution in [2.45, 2.75) is 84.4 Å². The van der Waals surface area contributed by atoms with E-state index in [1.165, 1.54) is 38.1 Å². The summed E-state index contributed by atoms with van der Waals surface area (Å²) in [5.41, 5.74) is 4.47. The van der Waals surface area contributed by atoms with Crippen molar-refractivity contribution in [3.63, 3.8) is 0 Å². The van der Waals surface area contributed by atoms with Crippen molar-refractivity contribution in [3.05, 3.63) is 11.3 Å². The molecular weight excluding hydrogens is 236 g/mol. The topological polar surface area (TPSA) is 0 Å². The van der Waals surface area contributed by atoms with Crippen LogP contribution in [0.15, 0.2) is 11.3 Å². The van der Waals surface area contributed by atoms with E-state index in [1.807, 2.05) is 0 Å². The molecule has 0 saturated heterocycles. The Bertz CT molecular complexity index is 228. The molecule has 0 aromatic carbocycles. The van der Waals surface area contributed by atoms with Gasteiger partial charge in [-0.3, -0.25) is 0 Å². The Morgan fingerprint density at radius 2 is 1.47 bits per heavy atom. The predicted octanol–water partition coefficient (Wildman–Crippen LogP) is 6.10. The zero-order valence-corrected chi connectivity index (χ0v) is 15.3. The second-order valence-electron chi connectivity index (χ2n) is 7.72. The largest absolute Gasteiger partial charge is 0.0961 e. The van der Waals surface area contributed by atoms with E-state index in [9.17, 15) is 0 Å². The SMILES string of the molecule is CCCCCC/C(=C\[Si](C)(C)C)C[Si](C)(C)C. The Balaban J connectivity index is 4.37. The van der Waals surface area contributed by atoms with Crippen molar-refractivity contribution in [1.82, 2.24) is 0 Å². The molecule has 0 bridgehead atoms. The molecule has 0 nitrogen and oxygen atoms in total. The molecule has 0 aromatic heterocycles. The summed E-state index contributed by atoms with van der Waals surface area (Å²) < 4.78 is 0. The fourth-order valence-electron chi connectivity index (χ4n) is 2.28. The summed E-state index contributed by atoms with van der Waals surface area (Å²) in [7, 11) is -1.96. The van der Waals surface area contributed by atoms with Gasteiger partial charge in [-0.1, -0.05) is 76.7 Å². The maximum absolute atomic E-state index is 2.68. The van der Waals surface area contributed by atoms with Crippen LogP contribution in [0.2, 0.25) is 45.3 Å². The van der Waals surface area contributed by atoms with Crippen LogP contribution in [0.1, 0.15) is 39.0 Å². The minimum atomic E-state index is -1.03. The van der Waals surface area contributed by atoms with E-state index in [1.54, 1.807) is 5.57 Å². The molecule has 0 unspecified atom stereocenters. The van der Waals surface area contributed by atoms with Crippen molar-refractivity contribution in [2.75, 3.05) is 0 Å². The maximum atomic E-state index is 2.68. The lowest BCUT2D eigenvalue weighted by molar-refractivity contribution is 0.664. The highest BCUT2D eigenvalue weighted by Crippen LogP contribution is 2.23. The molecule has 102 valence electrons. The number of unbranched alkanes of at least 4 members (excludes halogenated alkanes) is 3. The van der Waals surface area contributed by atoms with E-state index in [-0.39, 0.29) is 0 Å². The molecule has 0 aliphatic heterocycles. The van der Waals surface area contributed by atoms with E-state index in [4.69, 9.17) is 0 Å². The number of rotatable bonds is 8. The molecule has 0 aromatic rings. The second kappa shape index (κ2) is 7.57. The summed E-state index contributed by atoms with van der Waals surface area (Å²) in [6, 6.07) is 1.42. The highest BCUT2D eigenvalue weighted by atomic mass is 28.3. The van der Waals surface area contributed by atoms with E-state index in [0.29, 0.717) is 0 Å². The monoisotopic (exact) mass is 270 g/mol. The van der Waals surface area contributed by atoms with Gasteiger partial charge in [0.2, 0.25) is 0 Å². The first-order chi connectivity index (χ1) is 7.64. The second-order valence-corrected chi connectivity index (χ2v) is 18.2. The molecule has 0 amide bonds. The van der Waals surface area contributed by atoms with Gasteiger partial charge in [0.25, 0.3) is 0 Å². The van der Waals surface area contributed by atoms with Crippen LogP contribution in [-0.4, -0.2) is 16.1 Å². The van der Waals surface area contributed by atoms with E-state index >= 15 is 0 Å². The first-order valence-electron chi connectivity index (χ1n) is 7.35. The average molecular weight is 271 g/mol. The zero-order chi connectivity index (χ0) is 13.5. The van der Waals surface area contributed by atoms with Gasteiger partial charge in [-0.05, 0) is 18.9 Å². The maximum Gasteiger partial charge on any atom is 0.0686 e. The number of allylic oxidation sites excluding steroid dienone is 1. The van der Waals surface area contributed by atoms with E-state index in [0.717, 1.165) is 0 Å². The average Bonchev–Trinajstić information content (AvgIpc) is 2.06. The first kappa shape index (κ1) is 17.2. The smallest absolute Gasteiger partial charge is 0.0686 e. The molecule has 0 aliphatic carbocycles. The molecule has 0 heterocycles. The molecule has 0 atom stereocenters. The van der Waals surface area contributed by atoms with Gasteiger partial charge in [-0.2, -0.15) is 0 Å². The van der Waals surface area contributed by atoms with Crippen molar-refractivity contribution in [3.8, 4) is 0 Å². The fraction of sp³-hybridized carbons (Fsp3) is 0.867. The van der Waals surface area contributed by atoms with Crippen LogP contribution < -0.4 is 0 Å². The van der Waals surface area contributed by atoms with Crippen molar-refractivity contribution < 1.29 is 0 Å². The third-order valence-corrected chi connectivity index (χ3v) is 5.54. The lowest BCUT2D eigenvalue weighted by atomic mass is 10.1. The highest BCUT2D eigenvalue weighted by Gasteiger charge is 2.18. The van der Waals surface area contributed by atoms with Crippen LogP contribution in [0.25, 0.3) is 0 Å². The quantitative estimate of drug-likeness (QED) is 0.369. The Labute approximate surface area is 112 Å². The van der Waals surface area contributed by atoms with Gasteiger partial charge in [0.05, 0.1) is 8.07 Å². The van der Waals surface area contributed by atoms with Gasteiger partial charge in [0.15, 0.2) is 0 Å². The Morgan fingerprint density at radius 1 is 0.882 bits per heavy atom. The molecule has 0 radical (unpaired) electrons. The van der Waals surface area contributed by atoms with Gasteiger partial charge in [-0.15, -0.1) is 0 Å². The van der Waals surface area contributed by atoms with Gasteiger partial charge >= 0.3 is 0 Å². The summed E-state index contributed by atoms with van der Waals surface area (Å²) >= 11 is 0. The molecule has 0 spiro atoms. The lowest BCUT2D eigenvalue weighted by Gasteiger charge is -2.21. The molecule has 0 rings (SSSR count). The highest BCUT2D eigenvalue weighted by molar-refractivity contribution is 6.81. The Hall–Kier alpha value is 0.174. The number of hydrogen-bond acceptors (Lipinski definition) is 0. The van der Waals surface area contributed by atoms with E-state index in [2.05, 4.69) is 51.9 Å². The minimum absolute atomic E-state index is 0.935. The van der Waals surface area contributed by atoms with Gasteiger partial charge in [-0.25, -0.2) is 0 Å². The molecule has 0 fully saturated rings. The summed E-state index contributed by atoms with van der Waals surface area (Å²) in [5, 5.41) is 0.